The van der Waals surface area contributed by atoms with Crippen molar-refractivity contribution in [1.82, 2.24) is 0 Å². The molecule has 3 rings (SSSR count). The van der Waals surface area contributed by atoms with Gasteiger partial charge in [0.2, 0.25) is 0 Å². The lowest BCUT2D eigenvalue weighted by Crippen LogP contribution is -2.21. The number of aryl methyl sites for hydroxylation is 1. The van der Waals surface area contributed by atoms with E-state index in [1.54, 1.807) is 24.3 Å². The molecule has 0 aliphatic rings. The summed E-state index contributed by atoms with van der Waals surface area (Å²) in [5.41, 5.74) is 6.92. The highest BCUT2D eigenvalue weighted by Crippen LogP contribution is 2.27. The number of benzene rings is 3. The summed E-state index contributed by atoms with van der Waals surface area (Å²) in [6.45, 7) is 2.19. The fourth-order valence-corrected chi connectivity index (χ4v) is 3.26. The Morgan fingerprint density at radius 2 is 1.62 bits per heavy atom. The second-order valence-electron chi connectivity index (χ2n) is 7.44. The van der Waals surface area contributed by atoms with Crippen LogP contribution in [0.5, 0.6) is 0 Å². The van der Waals surface area contributed by atoms with E-state index in [0.717, 1.165) is 17.2 Å². The smallest absolute Gasteiger partial charge is 0.430 e. The van der Waals surface area contributed by atoms with Crippen molar-refractivity contribution >= 4 is 29.0 Å². The molecule has 0 atom stereocenters. The van der Waals surface area contributed by atoms with Crippen LogP contribution in [0, 0.1) is 6.92 Å². The van der Waals surface area contributed by atoms with Crippen molar-refractivity contribution in [2.45, 2.75) is 19.5 Å². The van der Waals surface area contributed by atoms with Gasteiger partial charge in [-0.25, -0.2) is 9.79 Å². The summed E-state index contributed by atoms with van der Waals surface area (Å²) in [7, 11) is 0. The van der Waals surface area contributed by atoms with E-state index in [0.29, 0.717) is 12.0 Å². The third kappa shape index (κ3) is 6.71. The minimum Gasteiger partial charge on any atom is -0.462 e. The molecule has 34 heavy (non-hydrogen) atoms. The zero-order valence-corrected chi connectivity index (χ0v) is 19.0. The molecule has 176 valence electrons. The molecule has 0 saturated carbocycles. The highest BCUT2D eigenvalue weighted by atomic mass is 35.5. The first kappa shape index (κ1) is 25.1. The number of para-hydroxylation sites is 1. The van der Waals surface area contributed by atoms with Crippen molar-refractivity contribution in [2.24, 2.45) is 10.7 Å². The van der Waals surface area contributed by atoms with Crippen LogP contribution in [0.25, 0.3) is 0 Å². The summed E-state index contributed by atoms with van der Waals surface area (Å²) in [6, 6.07) is 20.2. The number of nitrogens with two attached hydrogens (primary N) is 1. The van der Waals surface area contributed by atoms with Crippen LogP contribution in [0.3, 0.4) is 0 Å². The van der Waals surface area contributed by atoms with Crippen molar-refractivity contribution in [3.63, 3.8) is 0 Å². The average Bonchev–Trinajstić information content (AvgIpc) is 2.80. The molecule has 0 amide bonds. The number of carbonyl (C=O) groups is 1. The molecule has 3 aromatic rings. The Morgan fingerprint density at radius 1 is 1.00 bits per heavy atom. The maximum absolute atomic E-state index is 13.0. The van der Waals surface area contributed by atoms with Crippen LogP contribution in [0.1, 0.15) is 27.0 Å². The molecule has 0 aromatic heterocycles. The molecule has 2 N–H and O–H groups in total. The van der Waals surface area contributed by atoms with E-state index in [4.69, 9.17) is 22.1 Å². The second-order valence-corrected chi connectivity index (χ2v) is 7.84. The number of esters is 1. The van der Waals surface area contributed by atoms with Gasteiger partial charge in [-0.05, 0) is 48.4 Å². The molecule has 8 heteroatoms. The van der Waals surface area contributed by atoms with E-state index in [-0.39, 0.29) is 28.6 Å². The lowest BCUT2D eigenvalue weighted by molar-refractivity contribution is -0.0925. The maximum atomic E-state index is 13.0. The van der Waals surface area contributed by atoms with Gasteiger partial charge in [0.1, 0.15) is 5.70 Å². The van der Waals surface area contributed by atoms with Crippen molar-refractivity contribution in [3.8, 4) is 0 Å². The number of alkyl halides is 3. The molecular formula is C26H22ClF3N2O2. The van der Waals surface area contributed by atoms with Crippen molar-refractivity contribution < 1.29 is 22.7 Å². The predicted octanol–water partition coefficient (Wildman–Crippen LogP) is 6.57. The molecule has 0 radical (unpaired) electrons. The quantitative estimate of drug-likeness (QED) is 0.303. The van der Waals surface area contributed by atoms with Gasteiger partial charge in [-0.1, -0.05) is 60.1 Å². The standard InChI is InChI=1S/C26H22ClF3N2O2/c1-17-6-2-3-7-18(17)14-15-34-25(33)20-12-10-19(11-13-20)23(16-24(31)26(28,29)30)32-22-9-5-4-8-21(22)27/h2-13,16H,14-15,31H2,1H3. The van der Waals surface area contributed by atoms with Crippen LogP contribution in [0.4, 0.5) is 18.9 Å². The molecule has 0 unspecified atom stereocenters. The third-order valence-electron chi connectivity index (χ3n) is 5.00. The molecule has 4 nitrogen and oxygen atoms in total. The zero-order chi connectivity index (χ0) is 24.7. The van der Waals surface area contributed by atoms with Gasteiger partial charge in [0.25, 0.3) is 0 Å². The Labute approximate surface area is 200 Å². The van der Waals surface area contributed by atoms with Crippen LogP contribution in [-0.2, 0) is 11.2 Å². The van der Waals surface area contributed by atoms with Gasteiger partial charge < -0.3 is 10.5 Å². The Hall–Kier alpha value is -3.58. The second kappa shape index (κ2) is 11.0. The lowest BCUT2D eigenvalue weighted by atomic mass is 10.1. The monoisotopic (exact) mass is 486 g/mol. The first-order valence-electron chi connectivity index (χ1n) is 10.3. The number of halogens is 4. The molecule has 0 bridgehead atoms. The Bertz CT molecular complexity index is 1220. The summed E-state index contributed by atoms with van der Waals surface area (Å²) < 4.78 is 44.5. The van der Waals surface area contributed by atoms with Crippen LogP contribution < -0.4 is 5.73 Å². The predicted molar refractivity (Wildman–Crippen MR) is 128 cm³/mol. The number of nitrogens with zero attached hydrogens (tertiary/aromatic N) is 1. The number of hydrogen-bond acceptors (Lipinski definition) is 4. The normalized spacial score (nSPS) is 12.5. The summed E-state index contributed by atoms with van der Waals surface area (Å²) in [4.78, 5) is 16.7. The average molecular weight is 487 g/mol. The summed E-state index contributed by atoms with van der Waals surface area (Å²) in [5.74, 6) is -0.532. The van der Waals surface area contributed by atoms with E-state index < -0.39 is 17.8 Å². The topological polar surface area (TPSA) is 64.7 Å². The minimum absolute atomic E-state index is 0.0533. The van der Waals surface area contributed by atoms with E-state index in [2.05, 4.69) is 4.99 Å². The molecule has 0 aliphatic heterocycles. The number of allylic oxidation sites excluding steroid dienone is 2. The minimum atomic E-state index is -4.72. The maximum Gasteiger partial charge on any atom is 0.430 e. The van der Waals surface area contributed by atoms with Crippen LogP contribution in [0.15, 0.2) is 89.6 Å². The van der Waals surface area contributed by atoms with Crippen LogP contribution >= 0.6 is 11.6 Å². The van der Waals surface area contributed by atoms with Gasteiger partial charge in [0.15, 0.2) is 0 Å². The molecule has 0 aliphatic carbocycles. The van der Waals surface area contributed by atoms with Gasteiger partial charge >= 0.3 is 12.1 Å². The zero-order valence-electron chi connectivity index (χ0n) is 18.3. The largest absolute Gasteiger partial charge is 0.462 e. The molecule has 0 fully saturated rings. The molecular weight excluding hydrogens is 465 g/mol. The van der Waals surface area contributed by atoms with Crippen LogP contribution in [-0.4, -0.2) is 24.5 Å². The van der Waals surface area contributed by atoms with Crippen molar-refractivity contribution in [1.29, 1.82) is 0 Å². The number of carbonyl (C=O) groups excluding carboxylic acids is 1. The highest BCUT2D eigenvalue weighted by Gasteiger charge is 2.31. The van der Waals surface area contributed by atoms with Gasteiger partial charge in [0.05, 0.1) is 28.6 Å². The Balaban J connectivity index is 1.80. The third-order valence-corrected chi connectivity index (χ3v) is 5.31. The molecule has 0 spiro atoms. The summed E-state index contributed by atoms with van der Waals surface area (Å²) >= 11 is 6.11. The lowest BCUT2D eigenvalue weighted by Gasteiger charge is -2.10. The number of hydrogen-bond donors (Lipinski definition) is 1. The number of rotatable bonds is 7. The van der Waals surface area contributed by atoms with E-state index in [1.807, 2.05) is 31.2 Å². The van der Waals surface area contributed by atoms with Gasteiger partial charge in [-0.3, -0.25) is 0 Å². The van der Waals surface area contributed by atoms with E-state index in [1.165, 1.54) is 24.3 Å². The van der Waals surface area contributed by atoms with E-state index in [9.17, 15) is 18.0 Å². The highest BCUT2D eigenvalue weighted by molar-refractivity contribution is 6.33. The molecule has 3 aromatic carbocycles. The van der Waals surface area contributed by atoms with Crippen molar-refractivity contribution in [3.05, 3.63) is 112 Å². The SMILES string of the molecule is Cc1ccccc1CCOC(=O)c1ccc(C(C=C(N)C(F)(F)F)=Nc2ccccc2Cl)cc1. The first-order chi connectivity index (χ1) is 16.1. The Kier molecular flexibility index (Phi) is 8.12. The molecule has 0 saturated heterocycles. The summed E-state index contributed by atoms with van der Waals surface area (Å²) in [6.07, 6.45) is -3.41. The first-order valence-corrected chi connectivity index (χ1v) is 10.7. The summed E-state index contributed by atoms with van der Waals surface area (Å²) in [5, 5.41) is 0.271. The van der Waals surface area contributed by atoms with Gasteiger partial charge in [0, 0.05) is 12.0 Å². The molecule has 0 heterocycles. The number of aliphatic imine (C=N–C) groups is 1. The fourth-order valence-electron chi connectivity index (χ4n) is 3.09. The number of ether oxygens (including phenoxy) is 1. The van der Waals surface area contributed by atoms with Crippen molar-refractivity contribution in [2.75, 3.05) is 6.61 Å². The fraction of sp³-hybridized carbons (Fsp3) is 0.154. The Morgan fingerprint density at radius 3 is 2.26 bits per heavy atom. The van der Waals surface area contributed by atoms with Gasteiger partial charge in [-0.15, -0.1) is 0 Å². The van der Waals surface area contributed by atoms with E-state index >= 15 is 0 Å². The van der Waals surface area contributed by atoms with Gasteiger partial charge in [-0.2, -0.15) is 13.2 Å². The van der Waals surface area contributed by atoms with Crippen LogP contribution in [0.2, 0.25) is 5.02 Å².